The van der Waals surface area contributed by atoms with E-state index in [1.165, 1.54) is 4.68 Å². The number of nitrogens with two attached hydrogens (primary N) is 1. The molecule has 0 saturated carbocycles. The van der Waals surface area contributed by atoms with Crippen LogP contribution >= 0.6 is 0 Å². The van der Waals surface area contributed by atoms with Crippen molar-refractivity contribution in [3.05, 3.63) is 23.8 Å². The van der Waals surface area contributed by atoms with Crippen molar-refractivity contribution in [3.8, 4) is 11.4 Å². The van der Waals surface area contributed by atoms with Gasteiger partial charge in [0.2, 0.25) is 0 Å². The number of anilines is 1. The Kier molecular flexibility index (Phi) is 5.12. The summed E-state index contributed by atoms with van der Waals surface area (Å²) < 4.78 is 38.0. The lowest BCUT2D eigenvalue weighted by Gasteiger charge is -2.08. The number of aromatic nitrogens is 4. The maximum absolute atomic E-state index is 13.3. The van der Waals surface area contributed by atoms with Gasteiger partial charge in [-0.25, -0.2) is 13.5 Å². The summed E-state index contributed by atoms with van der Waals surface area (Å²) in [7, 11) is 1.58. The Bertz CT molecular complexity index is 605. The summed E-state index contributed by atoms with van der Waals surface area (Å²) in [6.07, 6.45) is 0. The zero-order chi connectivity index (χ0) is 15.2. The van der Waals surface area contributed by atoms with Crippen LogP contribution in [0.25, 0.3) is 11.4 Å². The van der Waals surface area contributed by atoms with Crippen molar-refractivity contribution in [1.29, 1.82) is 0 Å². The molecule has 7 nitrogen and oxygen atoms in total. The van der Waals surface area contributed by atoms with E-state index in [2.05, 4.69) is 15.5 Å². The predicted octanol–water partition coefficient (Wildman–Crippen LogP) is 0.864. The van der Waals surface area contributed by atoms with Crippen LogP contribution in [0.5, 0.6) is 0 Å². The van der Waals surface area contributed by atoms with Crippen molar-refractivity contribution in [2.24, 2.45) is 0 Å². The molecule has 0 saturated heterocycles. The Hall–Kier alpha value is -2.13. The molecular formula is C12H15F2N5O2. The zero-order valence-corrected chi connectivity index (χ0v) is 11.4. The minimum absolute atomic E-state index is 0.0604. The molecule has 9 heteroatoms. The molecule has 114 valence electrons. The van der Waals surface area contributed by atoms with Crippen LogP contribution in [0.3, 0.4) is 0 Å². The second-order valence-corrected chi connectivity index (χ2v) is 4.18. The third-order valence-electron chi connectivity index (χ3n) is 2.74. The Morgan fingerprint density at radius 1 is 1.19 bits per heavy atom. The standard InChI is InChI=1S/C12H15F2N5O2/c1-20-4-5-21-3-2-19-12(16-17-18-19)8-6-9(13)10(14)7-11(8)15/h6-7H,2-5,15H2,1H3. The molecule has 0 unspecified atom stereocenters. The molecule has 0 aliphatic rings. The van der Waals surface area contributed by atoms with Gasteiger partial charge in [-0.05, 0) is 16.5 Å². The third kappa shape index (κ3) is 3.70. The summed E-state index contributed by atoms with van der Waals surface area (Å²) in [6.45, 7) is 1.63. The summed E-state index contributed by atoms with van der Waals surface area (Å²) in [5.41, 5.74) is 5.97. The number of ether oxygens (including phenoxy) is 2. The fraction of sp³-hybridized carbons (Fsp3) is 0.417. The first-order valence-electron chi connectivity index (χ1n) is 6.21. The van der Waals surface area contributed by atoms with E-state index in [1.54, 1.807) is 7.11 Å². The fourth-order valence-electron chi connectivity index (χ4n) is 1.70. The normalized spacial score (nSPS) is 11.0. The average Bonchev–Trinajstić information content (AvgIpc) is 2.91. The number of methoxy groups -OCH3 is 1. The van der Waals surface area contributed by atoms with Crippen LogP contribution in [0.15, 0.2) is 12.1 Å². The van der Waals surface area contributed by atoms with Crippen LogP contribution in [0.2, 0.25) is 0 Å². The van der Waals surface area contributed by atoms with Crippen molar-refractivity contribution in [2.45, 2.75) is 6.54 Å². The summed E-state index contributed by atoms with van der Waals surface area (Å²) in [4.78, 5) is 0. The molecule has 1 heterocycles. The van der Waals surface area contributed by atoms with Gasteiger partial charge in [-0.3, -0.25) is 0 Å². The molecular weight excluding hydrogens is 284 g/mol. The highest BCUT2D eigenvalue weighted by Crippen LogP contribution is 2.25. The van der Waals surface area contributed by atoms with E-state index >= 15 is 0 Å². The average molecular weight is 299 g/mol. The molecule has 2 N–H and O–H groups in total. The molecule has 0 aliphatic heterocycles. The largest absolute Gasteiger partial charge is 0.398 e. The lowest BCUT2D eigenvalue weighted by atomic mass is 10.1. The van der Waals surface area contributed by atoms with Crippen LogP contribution in [-0.4, -0.2) is 47.1 Å². The molecule has 1 aromatic heterocycles. The number of hydrogen-bond donors (Lipinski definition) is 1. The molecule has 21 heavy (non-hydrogen) atoms. The second-order valence-electron chi connectivity index (χ2n) is 4.18. The monoisotopic (exact) mass is 299 g/mol. The first-order valence-corrected chi connectivity index (χ1v) is 6.21. The number of hydrogen-bond acceptors (Lipinski definition) is 6. The Labute approximate surface area is 119 Å². The van der Waals surface area contributed by atoms with Gasteiger partial charge in [0.15, 0.2) is 17.5 Å². The minimum Gasteiger partial charge on any atom is -0.398 e. The Morgan fingerprint density at radius 3 is 2.71 bits per heavy atom. The highest BCUT2D eigenvalue weighted by atomic mass is 19.2. The molecule has 1 aromatic carbocycles. The van der Waals surface area contributed by atoms with Gasteiger partial charge in [0, 0.05) is 24.4 Å². The lowest BCUT2D eigenvalue weighted by molar-refractivity contribution is 0.0654. The van der Waals surface area contributed by atoms with Crippen molar-refractivity contribution in [3.63, 3.8) is 0 Å². The molecule has 0 fully saturated rings. The van der Waals surface area contributed by atoms with Crippen LogP contribution in [0, 0.1) is 11.6 Å². The van der Waals surface area contributed by atoms with Gasteiger partial charge in [0.1, 0.15) is 0 Å². The van der Waals surface area contributed by atoms with Crippen LogP contribution in [-0.2, 0) is 16.0 Å². The molecule has 0 atom stereocenters. The number of rotatable bonds is 7. The number of tetrazole rings is 1. The molecule has 0 radical (unpaired) electrons. The quantitative estimate of drug-likeness (QED) is 0.602. The third-order valence-corrected chi connectivity index (χ3v) is 2.74. The minimum atomic E-state index is -1.02. The summed E-state index contributed by atoms with van der Waals surface area (Å²) in [6, 6.07) is 1.87. The SMILES string of the molecule is COCCOCCn1nnnc1-c1cc(F)c(F)cc1N. The van der Waals surface area contributed by atoms with E-state index in [1.807, 2.05) is 0 Å². The molecule has 0 amide bonds. The summed E-state index contributed by atoms with van der Waals surface area (Å²) >= 11 is 0. The molecule has 2 rings (SSSR count). The van der Waals surface area contributed by atoms with Gasteiger partial charge in [0.25, 0.3) is 0 Å². The summed E-state index contributed by atoms with van der Waals surface area (Å²) in [5, 5.41) is 11.1. The second kappa shape index (κ2) is 7.04. The van der Waals surface area contributed by atoms with Crippen LogP contribution in [0.1, 0.15) is 0 Å². The van der Waals surface area contributed by atoms with Crippen molar-refractivity contribution >= 4 is 5.69 Å². The zero-order valence-electron chi connectivity index (χ0n) is 11.4. The van der Waals surface area contributed by atoms with Gasteiger partial charge >= 0.3 is 0 Å². The molecule has 0 aliphatic carbocycles. The van der Waals surface area contributed by atoms with Crippen molar-refractivity contribution < 1.29 is 18.3 Å². The van der Waals surface area contributed by atoms with E-state index in [4.69, 9.17) is 15.2 Å². The van der Waals surface area contributed by atoms with E-state index in [0.29, 0.717) is 26.4 Å². The maximum Gasteiger partial charge on any atom is 0.184 e. The Balaban J connectivity index is 2.11. The fourth-order valence-corrected chi connectivity index (χ4v) is 1.70. The smallest absolute Gasteiger partial charge is 0.184 e. The van der Waals surface area contributed by atoms with Gasteiger partial charge in [-0.1, -0.05) is 0 Å². The van der Waals surface area contributed by atoms with E-state index < -0.39 is 11.6 Å². The number of halogens is 2. The number of nitrogen functional groups attached to an aromatic ring is 1. The lowest BCUT2D eigenvalue weighted by Crippen LogP contribution is -2.12. The number of benzene rings is 1. The first-order chi connectivity index (χ1) is 10.1. The maximum atomic E-state index is 13.3. The van der Waals surface area contributed by atoms with Gasteiger partial charge in [-0.15, -0.1) is 5.10 Å². The topological polar surface area (TPSA) is 88.1 Å². The van der Waals surface area contributed by atoms with Gasteiger partial charge < -0.3 is 15.2 Å². The van der Waals surface area contributed by atoms with E-state index in [0.717, 1.165) is 12.1 Å². The predicted molar refractivity (Wildman–Crippen MR) is 70.3 cm³/mol. The summed E-state index contributed by atoms with van der Waals surface area (Å²) in [5.74, 6) is -1.77. The van der Waals surface area contributed by atoms with Crippen molar-refractivity contribution in [1.82, 2.24) is 20.2 Å². The highest BCUT2D eigenvalue weighted by molar-refractivity contribution is 5.71. The first kappa shape index (κ1) is 15.3. The van der Waals surface area contributed by atoms with Gasteiger partial charge in [0.05, 0.1) is 26.4 Å². The van der Waals surface area contributed by atoms with Crippen LogP contribution in [0.4, 0.5) is 14.5 Å². The highest BCUT2D eigenvalue weighted by Gasteiger charge is 2.15. The number of nitrogens with zero attached hydrogens (tertiary/aromatic N) is 4. The molecule has 2 aromatic rings. The van der Waals surface area contributed by atoms with Crippen LogP contribution < -0.4 is 5.73 Å². The Morgan fingerprint density at radius 2 is 1.95 bits per heavy atom. The molecule has 0 bridgehead atoms. The van der Waals surface area contributed by atoms with E-state index in [9.17, 15) is 8.78 Å². The van der Waals surface area contributed by atoms with Gasteiger partial charge in [-0.2, -0.15) is 0 Å². The molecule has 0 spiro atoms. The van der Waals surface area contributed by atoms with Crippen molar-refractivity contribution in [2.75, 3.05) is 32.7 Å². The van der Waals surface area contributed by atoms with E-state index in [-0.39, 0.29) is 17.1 Å².